The van der Waals surface area contributed by atoms with Gasteiger partial charge in [0.2, 0.25) is 0 Å². The van der Waals surface area contributed by atoms with Gasteiger partial charge in [-0.25, -0.2) is 0 Å². The van der Waals surface area contributed by atoms with Gasteiger partial charge in [0.25, 0.3) is 0 Å². The van der Waals surface area contributed by atoms with E-state index in [1.54, 1.807) is 11.1 Å². The van der Waals surface area contributed by atoms with Gasteiger partial charge in [0, 0.05) is 0 Å². The molecule has 2 rings (SSSR count). The van der Waals surface area contributed by atoms with Gasteiger partial charge < -0.3 is 0 Å². The van der Waals surface area contributed by atoms with Crippen LogP contribution in [0.4, 0.5) is 0 Å². The molecular weight excluding hydrogens is 156 g/mol. The average molecular weight is 174 g/mol. The van der Waals surface area contributed by atoms with E-state index in [9.17, 15) is 0 Å². The first-order valence-electron chi connectivity index (χ1n) is 5.19. The fourth-order valence-corrected chi connectivity index (χ4v) is 2.33. The van der Waals surface area contributed by atoms with E-state index in [0.717, 1.165) is 11.8 Å². The molecule has 0 aliphatic heterocycles. The van der Waals surface area contributed by atoms with E-state index in [-0.39, 0.29) is 0 Å². The van der Waals surface area contributed by atoms with Crippen molar-refractivity contribution in [3.05, 3.63) is 34.4 Å². The molecule has 0 nitrogen and oxygen atoms in total. The van der Waals surface area contributed by atoms with Crippen molar-refractivity contribution in [2.45, 2.75) is 40.0 Å². The largest absolute Gasteiger partial charge is 0.0616 e. The molecule has 1 aliphatic carbocycles. The molecule has 0 heterocycles. The average Bonchev–Trinajstić information content (AvgIpc) is 2.32. The molecule has 0 N–H and O–H groups in total. The number of aryl methyl sites for hydroxylation is 2. The summed E-state index contributed by atoms with van der Waals surface area (Å²) in [5.41, 5.74) is 6.07. The van der Waals surface area contributed by atoms with E-state index in [4.69, 9.17) is 0 Å². The van der Waals surface area contributed by atoms with Gasteiger partial charge in [-0.2, -0.15) is 0 Å². The quantitative estimate of drug-likeness (QED) is 0.563. The number of benzene rings is 1. The molecule has 0 bridgehead atoms. The molecule has 1 aliphatic rings. The molecule has 1 aromatic rings. The molecule has 0 fully saturated rings. The van der Waals surface area contributed by atoms with Crippen LogP contribution in [0.15, 0.2) is 12.1 Å². The zero-order valence-electron chi connectivity index (χ0n) is 9.02. The van der Waals surface area contributed by atoms with E-state index in [0.29, 0.717) is 0 Å². The van der Waals surface area contributed by atoms with E-state index >= 15 is 0 Å². The van der Waals surface area contributed by atoms with E-state index in [1.165, 1.54) is 17.5 Å². The second-order valence-corrected chi connectivity index (χ2v) is 4.61. The van der Waals surface area contributed by atoms with Crippen LogP contribution in [0.3, 0.4) is 0 Å². The smallest absolute Gasteiger partial charge is 0.0159 e. The molecular formula is C13H18. The Bertz CT molecular complexity index is 336. The van der Waals surface area contributed by atoms with E-state index < -0.39 is 0 Å². The molecule has 0 heteroatoms. The molecule has 0 amide bonds. The lowest BCUT2D eigenvalue weighted by Crippen LogP contribution is -1.97. The van der Waals surface area contributed by atoms with Crippen molar-refractivity contribution < 1.29 is 0 Å². The van der Waals surface area contributed by atoms with Gasteiger partial charge in [0.15, 0.2) is 0 Å². The highest BCUT2D eigenvalue weighted by Gasteiger charge is 2.25. The summed E-state index contributed by atoms with van der Waals surface area (Å²) < 4.78 is 0. The molecule has 2 atom stereocenters. The van der Waals surface area contributed by atoms with Crippen LogP contribution in [-0.4, -0.2) is 0 Å². The Hall–Kier alpha value is -0.780. The molecule has 0 radical (unpaired) electrons. The summed E-state index contributed by atoms with van der Waals surface area (Å²) in [7, 11) is 0. The lowest BCUT2D eigenvalue weighted by Gasteiger charge is -2.10. The molecule has 1 aromatic carbocycles. The van der Waals surface area contributed by atoms with Crippen molar-refractivity contribution in [1.29, 1.82) is 0 Å². The number of fused-ring (bicyclic) bond motifs is 1. The third-order valence-electron chi connectivity index (χ3n) is 3.64. The normalized spacial score (nSPS) is 26.2. The zero-order valence-corrected chi connectivity index (χ0v) is 9.02. The predicted octanol–water partition coefficient (Wildman–Crippen LogP) is 3.60. The summed E-state index contributed by atoms with van der Waals surface area (Å²) in [6.45, 7) is 9.13. The van der Waals surface area contributed by atoms with Gasteiger partial charge in [0.05, 0.1) is 0 Å². The zero-order chi connectivity index (χ0) is 9.59. The van der Waals surface area contributed by atoms with Crippen LogP contribution in [0.5, 0.6) is 0 Å². The standard InChI is InChI=1S/C13H18/c1-8-5-12-6-10(3)11(4)13(12)7-9(8)2/h5,7,10-11H,6H2,1-4H3/t10-,11-/m0/s1. The van der Waals surface area contributed by atoms with Crippen LogP contribution in [0.1, 0.15) is 42.0 Å². The summed E-state index contributed by atoms with van der Waals surface area (Å²) in [6, 6.07) is 4.77. The van der Waals surface area contributed by atoms with Crippen molar-refractivity contribution in [2.75, 3.05) is 0 Å². The maximum Gasteiger partial charge on any atom is -0.0159 e. The Morgan fingerprint density at radius 2 is 1.69 bits per heavy atom. The SMILES string of the molecule is Cc1cc2c(cc1C)[C@@H](C)[C@@H](C)C2. The summed E-state index contributed by atoms with van der Waals surface area (Å²) >= 11 is 0. The topological polar surface area (TPSA) is 0 Å². The predicted molar refractivity (Wildman–Crippen MR) is 57.2 cm³/mol. The van der Waals surface area contributed by atoms with Crippen molar-refractivity contribution in [2.24, 2.45) is 5.92 Å². The van der Waals surface area contributed by atoms with Crippen molar-refractivity contribution in [3.63, 3.8) is 0 Å². The van der Waals surface area contributed by atoms with Gasteiger partial charge in [-0.05, 0) is 54.4 Å². The summed E-state index contributed by atoms with van der Waals surface area (Å²) in [5, 5.41) is 0. The third kappa shape index (κ3) is 1.29. The van der Waals surface area contributed by atoms with Crippen LogP contribution >= 0.6 is 0 Å². The Morgan fingerprint density at radius 3 is 2.38 bits per heavy atom. The van der Waals surface area contributed by atoms with Crippen LogP contribution in [0, 0.1) is 19.8 Å². The molecule has 0 saturated carbocycles. The highest BCUT2D eigenvalue weighted by atomic mass is 14.3. The fourth-order valence-electron chi connectivity index (χ4n) is 2.33. The van der Waals surface area contributed by atoms with Crippen molar-refractivity contribution in [3.8, 4) is 0 Å². The second-order valence-electron chi connectivity index (χ2n) is 4.61. The summed E-state index contributed by atoms with van der Waals surface area (Å²) in [5.74, 6) is 1.59. The first-order chi connectivity index (χ1) is 6.09. The van der Waals surface area contributed by atoms with E-state index in [1.807, 2.05) is 0 Å². The molecule has 0 unspecified atom stereocenters. The lowest BCUT2D eigenvalue weighted by atomic mass is 9.95. The molecule has 0 aromatic heterocycles. The molecule has 0 saturated heterocycles. The van der Waals surface area contributed by atoms with Gasteiger partial charge in [0.1, 0.15) is 0 Å². The monoisotopic (exact) mass is 174 g/mol. The first kappa shape index (κ1) is 8.80. The highest BCUT2D eigenvalue weighted by Crippen LogP contribution is 2.38. The summed E-state index contributed by atoms with van der Waals surface area (Å²) in [6.07, 6.45) is 1.28. The van der Waals surface area contributed by atoms with Crippen LogP contribution in [-0.2, 0) is 6.42 Å². The van der Waals surface area contributed by atoms with Gasteiger partial charge in [-0.3, -0.25) is 0 Å². The van der Waals surface area contributed by atoms with Gasteiger partial charge in [-0.1, -0.05) is 26.0 Å². The Kier molecular flexibility index (Phi) is 1.94. The first-order valence-corrected chi connectivity index (χ1v) is 5.19. The molecule has 70 valence electrons. The van der Waals surface area contributed by atoms with Gasteiger partial charge >= 0.3 is 0 Å². The number of hydrogen-bond acceptors (Lipinski definition) is 0. The Morgan fingerprint density at radius 1 is 1.08 bits per heavy atom. The number of rotatable bonds is 0. The maximum absolute atomic E-state index is 2.39. The van der Waals surface area contributed by atoms with Crippen molar-refractivity contribution >= 4 is 0 Å². The Balaban J connectivity index is 2.53. The van der Waals surface area contributed by atoms with Gasteiger partial charge in [-0.15, -0.1) is 0 Å². The number of hydrogen-bond donors (Lipinski definition) is 0. The fraction of sp³-hybridized carbons (Fsp3) is 0.538. The minimum atomic E-state index is 0.759. The lowest BCUT2D eigenvalue weighted by molar-refractivity contribution is 0.532. The minimum Gasteiger partial charge on any atom is -0.0616 e. The summed E-state index contributed by atoms with van der Waals surface area (Å²) in [4.78, 5) is 0. The van der Waals surface area contributed by atoms with E-state index in [2.05, 4.69) is 39.8 Å². The van der Waals surface area contributed by atoms with Crippen LogP contribution in [0.2, 0.25) is 0 Å². The molecule has 13 heavy (non-hydrogen) atoms. The molecule has 0 spiro atoms. The van der Waals surface area contributed by atoms with Crippen molar-refractivity contribution in [1.82, 2.24) is 0 Å². The third-order valence-corrected chi connectivity index (χ3v) is 3.64. The maximum atomic E-state index is 2.39. The van der Waals surface area contributed by atoms with Crippen LogP contribution < -0.4 is 0 Å². The highest BCUT2D eigenvalue weighted by molar-refractivity contribution is 5.42. The minimum absolute atomic E-state index is 0.759. The second kappa shape index (κ2) is 2.87. The van der Waals surface area contributed by atoms with Crippen LogP contribution in [0.25, 0.3) is 0 Å². The Labute approximate surface area is 81.0 Å².